The second kappa shape index (κ2) is 8.54. The van der Waals surface area contributed by atoms with Crippen molar-refractivity contribution in [3.05, 3.63) is 35.9 Å². The number of amides is 2. The van der Waals surface area contributed by atoms with E-state index >= 15 is 0 Å². The van der Waals surface area contributed by atoms with Crippen molar-refractivity contribution in [1.82, 2.24) is 10.4 Å². The van der Waals surface area contributed by atoms with Gasteiger partial charge in [-0.05, 0) is 38.7 Å². The molecule has 6 nitrogen and oxygen atoms in total. The highest BCUT2D eigenvalue weighted by Crippen LogP contribution is 2.27. The van der Waals surface area contributed by atoms with Gasteiger partial charge < -0.3 is 10.1 Å². The topological polar surface area (TPSA) is 67.9 Å². The Bertz CT molecular complexity index is 610. The maximum absolute atomic E-state index is 12.2. The number of nitrogens with zero attached hydrogens (tertiary/aromatic N) is 1. The van der Waals surface area contributed by atoms with Crippen LogP contribution in [0.25, 0.3) is 0 Å². The maximum Gasteiger partial charge on any atom is 0.407 e. The summed E-state index contributed by atoms with van der Waals surface area (Å²) >= 11 is 0. The number of hydrogen-bond donors (Lipinski definition) is 1. The van der Waals surface area contributed by atoms with Gasteiger partial charge in [-0.15, -0.1) is 0 Å². The summed E-state index contributed by atoms with van der Waals surface area (Å²) in [7, 11) is 0. The summed E-state index contributed by atoms with van der Waals surface area (Å²) in [4.78, 5) is 29.9. The molecule has 0 bridgehead atoms. The predicted molar refractivity (Wildman–Crippen MR) is 99.1 cm³/mol. The number of hydrogen-bond acceptors (Lipinski definition) is 4. The number of nitrogens with one attached hydrogen (secondary N) is 1. The summed E-state index contributed by atoms with van der Waals surface area (Å²) in [5, 5.41) is 4.32. The number of carbonyl (C=O) groups excluding carboxylic acids is 2. The van der Waals surface area contributed by atoms with Crippen molar-refractivity contribution in [2.75, 3.05) is 0 Å². The quantitative estimate of drug-likeness (QED) is 0.752. The van der Waals surface area contributed by atoms with Gasteiger partial charge in [0.2, 0.25) is 5.91 Å². The first kappa shape index (κ1) is 20.2. The van der Waals surface area contributed by atoms with Crippen molar-refractivity contribution in [3.63, 3.8) is 0 Å². The molecule has 2 atom stereocenters. The van der Waals surface area contributed by atoms with Crippen molar-refractivity contribution in [1.29, 1.82) is 0 Å². The van der Waals surface area contributed by atoms with Gasteiger partial charge in [-0.3, -0.25) is 9.63 Å². The Morgan fingerprint density at radius 3 is 2.46 bits per heavy atom. The average Bonchev–Trinajstić information content (AvgIpc) is 2.50. The van der Waals surface area contributed by atoms with Crippen molar-refractivity contribution < 1.29 is 19.2 Å². The fraction of sp³-hybridized carbons (Fsp3) is 0.600. The van der Waals surface area contributed by atoms with Crippen LogP contribution in [0.15, 0.2) is 30.3 Å². The molecule has 0 aliphatic carbocycles. The second-order valence-electron chi connectivity index (χ2n) is 8.13. The minimum absolute atomic E-state index is 0.0642. The van der Waals surface area contributed by atoms with Crippen LogP contribution in [0.2, 0.25) is 0 Å². The van der Waals surface area contributed by atoms with Gasteiger partial charge >= 0.3 is 6.09 Å². The highest BCUT2D eigenvalue weighted by molar-refractivity contribution is 5.82. The lowest BCUT2D eigenvalue weighted by Crippen LogP contribution is -2.62. The van der Waals surface area contributed by atoms with Crippen LogP contribution in [0.4, 0.5) is 4.79 Å². The summed E-state index contributed by atoms with van der Waals surface area (Å²) in [5.74, 6) is 0.298. The van der Waals surface area contributed by atoms with Gasteiger partial charge in [0.05, 0.1) is 18.5 Å². The Hall–Kier alpha value is -2.08. The Kier molecular flexibility index (Phi) is 6.64. The molecule has 1 N–H and O–H groups in total. The summed E-state index contributed by atoms with van der Waals surface area (Å²) in [6.45, 7) is 9.97. The van der Waals surface area contributed by atoms with Crippen LogP contribution in [0, 0.1) is 5.92 Å². The maximum atomic E-state index is 12.2. The van der Waals surface area contributed by atoms with Crippen molar-refractivity contribution in [2.24, 2.45) is 5.92 Å². The van der Waals surface area contributed by atoms with Gasteiger partial charge in [0.15, 0.2) is 0 Å². The number of hydroxylamine groups is 2. The smallest absolute Gasteiger partial charge is 0.407 e. The molecule has 26 heavy (non-hydrogen) atoms. The SMILES string of the molecule is CC(C)C[C@H](NC(=O)OC(C)(C)C)[C@@H]1CC(=O)N1OCc1ccccc1. The lowest BCUT2D eigenvalue weighted by atomic mass is 9.90. The first-order valence-electron chi connectivity index (χ1n) is 9.14. The Morgan fingerprint density at radius 2 is 1.92 bits per heavy atom. The summed E-state index contributed by atoms with van der Waals surface area (Å²) < 4.78 is 5.37. The third-order valence-corrected chi connectivity index (χ3v) is 4.04. The highest BCUT2D eigenvalue weighted by Gasteiger charge is 2.44. The Morgan fingerprint density at radius 1 is 1.27 bits per heavy atom. The zero-order valence-corrected chi connectivity index (χ0v) is 16.3. The Balaban J connectivity index is 1.99. The molecule has 1 heterocycles. The number of rotatable bonds is 7. The average molecular weight is 362 g/mol. The first-order valence-corrected chi connectivity index (χ1v) is 9.14. The molecule has 2 rings (SSSR count). The number of alkyl carbamates (subject to hydrolysis) is 1. The monoisotopic (exact) mass is 362 g/mol. The van der Waals surface area contributed by atoms with Crippen LogP contribution in [0.5, 0.6) is 0 Å². The highest BCUT2D eigenvalue weighted by atomic mass is 16.7. The molecule has 2 amide bonds. The molecule has 0 saturated carbocycles. The van der Waals surface area contributed by atoms with E-state index in [2.05, 4.69) is 19.2 Å². The summed E-state index contributed by atoms with van der Waals surface area (Å²) in [5.41, 5.74) is 0.428. The Labute approximate surface area is 155 Å². The molecule has 1 aromatic carbocycles. The molecule has 1 saturated heterocycles. The van der Waals surface area contributed by atoms with Crippen molar-refractivity contribution in [3.8, 4) is 0 Å². The first-order chi connectivity index (χ1) is 12.2. The number of benzene rings is 1. The molecule has 1 aromatic rings. The van der Waals surface area contributed by atoms with Crippen LogP contribution in [0.3, 0.4) is 0 Å². The molecule has 144 valence electrons. The standard InChI is InChI=1S/C20H30N2O4/c1-14(2)11-16(21-19(24)26-20(3,4)5)17-12-18(23)22(17)25-13-15-9-7-6-8-10-15/h6-10,14,16-17H,11-13H2,1-5H3,(H,21,24)/t16-,17-/m0/s1. The van der Waals surface area contributed by atoms with Crippen LogP contribution in [-0.4, -0.2) is 34.7 Å². The van der Waals surface area contributed by atoms with E-state index in [1.54, 1.807) is 0 Å². The van der Waals surface area contributed by atoms with Gasteiger partial charge in [0.1, 0.15) is 12.2 Å². The molecule has 0 unspecified atom stereocenters. The lowest BCUT2D eigenvalue weighted by molar-refractivity contribution is -0.237. The van der Waals surface area contributed by atoms with E-state index in [9.17, 15) is 9.59 Å². The normalized spacial score (nSPS) is 18.5. The largest absolute Gasteiger partial charge is 0.444 e. The van der Waals surface area contributed by atoms with E-state index in [1.165, 1.54) is 5.06 Å². The van der Waals surface area contributed by atoms with E-state index in [4.69, 9.17) is 9.57 Å². The van der Waals surface area contributed by atoms with Crippen LogP contribution >= 0.6 is 0 Å². The molecule has 1 fully saturated rings. The molecule has 0 spiro atoms. The van der Waals surface area contributed by atoms with E-state index in [0.717, 1.165) is 12.0 Å². The zero-order valence-electron chi connectivity index (χ0n) is 16.3. The summed E-state index contributed by atoms with van der Waals surface area (Å²) in [6.07, 6.45) is 0.634. The van der Waals surface area contributed by atoms with E-state index in [0.29, 0.717) is 18.9 Å². The fourth-order valence-corrected chi connectivity index (χ4v) is 2.90. The lowest BCUT2D eigenvalue weighted by Gasteiger charge is -2.43. The summed E-state index contributed by atoms with van der Waals surface area (Å²) in [6, 6.07) is 9.30. The van der Waals surface area contributed by atoms with E-state index in [-0.39, 0.29) is 18.0 Å². The molecule has 1 aliphatic heterocycles. The molecule has 0 radical (unpaired) electrons. The molecular weight excluding hydrogens is 332 g/mol. The van der Waals surface area contributed by atoms with Crippen LogP contribution in [0.1, 0.15) is 53.0 Å². The fourth-order valence-electron chi connectivity index (χ4n) is 2.90. The van der Waals surface area contributed by atoms with Gasteiger partial charge in [0.25, 0.3) is 0 Å². The van der Waals surface area contributed by atoms with Gasteiger partial charge in [-0.2, -0.15) is 0 Å². The van der Waals surface area contributed by atoms with Gasteiger partial charge in [-0.1, -0.05) is 44.2 Å². The molecule has 0 aromatic heterocycles. The van der Waals surface area contributed by atoms with E-state index in [1.807, 2.05) is 51.1 Å². The minimum atomic E-state index is -0.564. The van der Waals surface area contributed by atoms with Gasteiger partial charge in [-0.25, -0.2) is 9.86 Å². The third-order valence-electron chi connectivity index (χ3n) is 4.04. The minimum Gasteiger partial charge on any atom is -0.444 e. The second-order valence-corrected chi connectivity index (χ2v) is 8.13. The predicted octanol–water partition coefficient (Wildman–Crippen LogP) is 3.66. The van der Waals surface area contributed by atoms with Crippen molar-refractivity contribution in [2.45, 2.75) is 71.8 Å². The zero-order chi connectivity index (χ0) is 19.3. The number of carbonyl (C=O) groups is 2. The van der Waals surface area contributed by atoms with Crippen LogP contribution < -0.4 is 5.32 Å². The molecule has 1 aliphatic rings. The van der Waals surface area contributed by atoms with Crippen molar-refractivity contribution >= 4 is 12.0 Å². The number of ether oxygens (including phenoxy) is 1. The molecular formula is C20H30N2O4. The number of β-lactam (4-membered cyclic amide) rings is 1. The molecule has 6 heteroatoms. The van der Waals surface area contributed by atoms with Gasteiger partial charge in [0, 0.05) is 0 Å². The third kappa shape index (κ3) is 6.02. The van der Waals surface area contributed by atoms with Crippen LogP contribution in [-0.2, 0) is 21.0 Å². The van der Waals surface area contributed by atoms with E-state index < -0.39 is 11.7 Å².